The molecule has 2 heterocycles. The van der Waals surface area contributed by atoms with Gasteiger partial charge in [0.05, 0.1) is 30.1 Å². The van der Waals surface area contributed by atoms with Gasteiger partial charge in [0, 0.05) is 0 Å². The van der Waals surface area contributed by atoms with Crippen molar-refractivity contribution in [2.24, 2.45) is 50.2 Å². The number of allylic oxidation sites excluding steroid dienone is 2. The Hall–Kier alpha value is -1.72. The summed E-state index contributed by atoms with van der Waals surface area (Å²) in [5, 5.41) is 82.7. The summed E-state index contributed by atoms with van der Waals surface area (Å²) in [6, 6.07) is 0. The van der Waals surface area contributed by atoms with Gasteiger partial charge < -0.3 is 59.8 Å². The Balaban J connectivity index is 1.19. The van der Waals surface area contributed by atoms with Gasteiger partial charge in [-0.05, 0) is 111 Å². The number of carbonyl (C=O) groups is 2. The summed E-state index contributed by atoms with van der Waals surface area (Å²) >= 11 is 0. The highest BCUT2D eigenvalue weighted by atomic mass is 16.7. The van der Waals surface area contributed by atoms with E-state index in [0.29, 0.717) is 12.8 Å². The molecule has 0 aromatic rings. The molecule has 0 spiro atoms. The lowest BCUT2D eigenvalue weighted by molar-refractivity contribution is -0.308. The Morgan fingerprint density at radius 3 is 2.15 bits per heavy atom. The first-order valence-corrected chi connectivity index (χ1v) is 20.4. The molecule has 5 aliphatic carbocycles. The summed E-state index contributed by atoms with van der Waals surface area (Å²) < 4.78 is 23.6. The van der Waals surface area contributed by atoms with Gasteiger partial charge >= 0.3 is 11.9 Å². The highest BCUT2D eigenvalue weighted by Crippen LogP contribution is 2.76. The van der Waals surface area contributed by atoms with Gasteiger partial charge in [-0.3, -0.25) is 9.59 Å². The monoisotopic (exact) mass is 780 g/mol. The first kappa shape index (κ1) is 41.4. The Bertz CT molecular complexity index is 1530. The number of ether oxygens (including phenoxy) is 4. The number of carboxylic acids is 1. The Kier molecular flexibility index (Phi) is 10.5. The number of hydrogen-bond donors (Lipinski definition) is 8. The van der Waals surface area contributed by atoms with E-state index in [0.717, 1.165) is 37.7 Å². The first-order valence-electron chi connectivity index (χ1n) is 20.4. The van der Waals surface area contributed by atoms with Crippen LogP contribution in [0.3, 0.4) is 0 Å². The SMILES string of the molecule is CC1(C)[C@@H](O[C@@H]2OC[C@H](O)[C@H](O)[C@H]2O)CC[C@]2(C)[C@H]3CC=C4[C@@H]5C[C@](C)(C(=O)O)CC[C@]5(C(=O)O[C@@H]5O[C@H](CO)[C@@H](O)[C@H](O)[C@H]5O)CC[C@@]4(C)[C@]3(C)CC[C@@H]12. The molecule has 312 valence electrons. The average Bonchev–Trinajstić information content (AvgIpc) is 3.13. The van der Waals surface area contributed by atoms with Crippen LogP contribution in [0.5, 0.6) is 0 Å². The maximum atomic E-state index is 14.6. The number of aliphatic carboxylic acids is 1. The average molecular weight is 781 g/mol. The van der Waals surface area contributed by atoms with Crippen LogP contribution >= 0.6 is 0 Å². The molecule has 0 aromatic carbocycles. The van der Waals surface area contributed by atoms with Crippen molar-refractivity contribution in [3.8, 4) is 0 Å². The zero-order valence-electron chi connectivity index (χ0n) is 33.1. The second-order valence-electron chi connectivity index (χ2n) is 19.9. The summed E-state index contributed by atoms with van der Waals surface area (Å²) in [6.07, 6.45) is -4.78. The third-order valence-corrected chi connectivity index (χ3v) is 17.1. The molecule has 18 atom stereocenters. The maximum absolute atomic E-state index is 14.6. The predicted octanol–water partition coefficient (Wildman–Crippen LogP) is 2.02. The lowest BCUT2D eigenvalue weighted by Gasteiger charge is -2.71. The summed E-state index contributed by atoms with van der Waals surface area (Å²) in [6.45, 7) is 12.5. The highest BCUT2D eigenvalue weighted by Gasteiger charge is 2.70. The lowest BCUT2D eigenvalue weighted by Crippen LogP contribution is -2.66. The molecule has 14 heteroatoms. The van der Waals surface area contributed by atoms with Crippen molar-refractivity contribution >= 4 is 11.9 Å². The van der Waals surface area contributed by atoms with E-state index in [1.807, 2.05) is 0 Å². The molecular weight excluding hydrogens is 716 g/mol. The van der Waals surface area contributed by atoms with Crippen LogP contribution in [0.4, 0.5) is 0 Å². The number of fused-ring (bicyclic) bond motifs is 7. The molecule has 14 nitrogen and oxygen atoms in total. The number of carbonyl (C=O) groups excluding carboxylic acids is 1. The molecular formula is C41H64O14. The smallest absolute Gasteiger partial charge is 0.315 e. The molecule has 8 N–H and O–H groups in total. The minimum atomic E-state index is -1.74. The van der Waals surface area contributed by atoms with Crippen molar-refractivity contribution in [3.63, 3.8) is 0 Å². The predicted molar refractivity (Wildman–Crippen MR) is 193 cm³/mol. The molecule has 0 amide bonds. The van der Waals surface area contributed by atoms with E-state index in [1.165, 1.54) is 0 Å². The fraction of sp³-hybridized carbons (Fsp3) is 0.902. The van der Waals surface area contributed by atoms with Crippen LogP contribution in [0.2, 0.25) is 0 Å². The lowest BCUT2D eigenvalue weighted by atomic mass is 9.33. The van der Waals surface area contributed by atoms with E-state index >= 15 is 0 Å². The van der Waals surface area contributed by atoms with Crippen LogP contribution < -0.4 is 0 Å². The highest BCUT2D eigenvalue weighted by molar-refractivity contribution is 5.81. The van der Waals surface area contributed by atoms with E-state index < -0.39 is 90.6 Å². The Labute approximate surface area is 323 Å². The topological polar surface area (TPSA) is 233 Å². The second-order valence-corrected chi connectivity index (χ2v) is 19.9. The van der Waals surface area contributed by atoms with Crippen LogP contribution in [-0.4, -0.2) is 127 Å². The van der Waals surface area contributed by atoms with Crippen LogP contribution in [0.15, 0.2) is 11.6 Å². The minimum absolute atomic E-state index is 0.0954. The number of carboxylic acid groups (broad SMARTS) is 1. The van der Waals surface area contributed by atoms with Gasteiger partial charge in [0.15, 0.2) is 6.29 Å². The zero-order chi connectivity index (χ0) is 40.3. The van der Waals surface area contributed by atoms with Crippen LogP contribution in [-0.2, 0) is 28.5 Å². The summed E-state index contributed by atoms with van der Waals surface area (Å²) in [7, 11) is 0. The molecule has 0 bridgehead atoms. The molecule has 7 aliphatic rings. The quantitative estimate of drug-likeness (QED) is 0.110. The van der Waals surface area contributed by atoms with Crippen LogP contribution in [0.25, 0.3) is 0 Å². The Morgan fingerprint density at radius 1 is 0.800 bits per heavy atom. The third kappa shape index (κ3) is 6.01. The molecule has 0 aromatic heterocycles. The van der Waals surface area contributed by atoms with E-state index in [4.69, 9.17) is 18.9 Å². The first-order chi connectivity index (χ1) is 25.6. The number of rotatable bonds is 6. The van der Waals surface area contributed by atoms with Crippen molar-refractivity contribution in [2.75, 3.05) is 13.2 Å². The van der Waals surface area contributed by atoms with Crippen molar-refractivity contribution < 1.29 is 69.4 Å². The Morgan fingerprint density at radius 2 is 1.47 bits per heavy atom. The molecule has 7 rings (SSSR count). The summed E-state index contributed by atoms with van der Waals surface area (Å²) in [5.74, 6) is -1.48. The standard InChI is InChI=1S/C41H64O14/c1-36(2)24-9-12-40(6)25(38(24,4)11-10-26(36)54-32-30(47)27(44)22(43)19-52-32)8-7-20-21-17-37(3,34(49)50)13-15-41(21,16-14-39(20,40)5)35(51)55-33-31(48)29(46)28(45)23(18-42)53-33/h7,21-33,42-48H,8-19H2,1-6H3,(H,49,50)/t21-,22-,23+,24-,25+,26-,27-,28+,29-,30+,31+,32-,33-,37+,38-,39+,40+,41-/m0/s1. The third-order valence-electron chi connectivity index (χ3n) is 17.1. The fourth-order valence-electron chi connectivity index (χ4n) is 13.3. The number of esters is 1. The normalized spacial score (nSPS) is 53.4. The van der Waals surface area contributed by atoms with Crippen molar-refractivity contribution in [2.45, 2.75) is 167 Å². The van der Waals surface area contributed by atoms with Gasteiger partial charge in [0.2, 0.25) is 6.29 Å². The number of aliphatic hydroxyl groups is 7. The van der Waals surface area contributed by atoms with Crippen molar-refractivity contribution in [3.05, 3.63) is 11.6 Å². The molecule has 2 aliphatic heterocycles. The van der Waals surface area contributed by atoms with E-state index in [1.54, 1.807) is 6.92 Å². The molecule has 4 saturated carbocycles. The maximum Gasteiger partial charge on any atom is 0.315 e. The van der Waals surface area contributed by atoms with Gasteiger partial charge in [-0.15, -0.1) is 0 Å². The zero-order valence-corrected chi connectivity index (χ0v) is 33.1. The molecule has 2 saturated heterocycles. The van der Waals surface area contributed by atoms with Gasteiger partial charge in [-0.25, -0.2) is 0 Å². The summed E-state index contributed by atoms with van der Waals surface area (Å²) in [4.78, 5) is 27.3. The van der Waals surface area contributed by atoms with Gasteiger partial charge in [0.1, 0.15) is 42.7 Å². The molecule has 0 radical (unpaired) electrons. The summed E-state index contributed by atoms with van der Waals surface area (Å²) in [5.41, 5.74) is -2.06. The minimum Gasteiger partial charge on any atom is -0.481 e. The van der Waals surface area contributed by atoms with E-state index in [-0.39, 0.29) is 65.5 Å². The molecule has 0 unspecified atom stereocenters. The number of aliphatic hydroxyl groups excluding tert-OH is 7. The number of hydrogen-bond acceptors (Lipinski definition) is 13. The van der Waals surface area contributed by atoms with E-state index in [2.05, 4.69) is 40.7 Å². The van der Waals surface area contributed by atoms with Gasteiger partial charge in [-0.2, -0.15) is 0 Å². The van der Waals surface area contributed by atoms with Crippen molar-refractivity contribution in [1.82, 2.24) is 0 Å². The van der Waals surface area contributed by atoms with Gasteiger partial charge in [0.25, 0.3) is 0 Å². The fourth-order valence-corrected chi connectivity index (χ4v) is 13.3. The molecule has 6 fully saturated rings. The van der Waals surface area contributed by atoms with Crippen LogP contribution in [0.1, 0.15) is 106 Å². The van der Waals surface area contributed by atoms with Gasteiger partial charge in [-0.1, -0.05) is 46.3 Å². The van der Waals surface area contributed by atoms with Crippen LogP contribution in [0, 0.1) is 50.2 Å². The molecule has 55 heavy (non-hydrogen) atoms. The van der Waals surface area contributed by atoms with E-state index in [9.17, 15) is 50.4 Å². The van der Waals surface area contributed by atoms with Crippen molar-refractivity contribution in [1.29, 1.82) is 0 Å². The largest absolute Gasteiger partial charge is 0.481 e. The second kappa shape index (κ2) is 13.9.